The van der Waals surface area contributed by atoms with Gasteiger partial charge in [-0.25, -0.2) is 0 Å². The Morgan fingerprint density at radius 1 is 1.07 bits per heavy atom. The number of carbonyl (C=O) groups excluding carboxylic acids is 1. The molecule has 4 rings (SSSR count). The van der Waals surface area contributed by atoms with Crippen LogP contribution < -0.4 is 5.56 Å². The third-order valence-corrected chi connectivity index (χ3v) is 5.97. The van der Waals surface area contributed by atoms with Crippen LogP contribution in [0.4, 0.5) is 0 Å². The molecule has 30 heavy (non-hydrogen) atoms. The van der Waals surface area contributed by atoms with E-state index in [9.17, 15) is 9.59 Å². The Morgan fingerprint density at radius 2 is 1.77 bits per heavy atom. The highest BCUT2D eigenvalue weighted by molar-refractivity contribution is 7.99. The fraction of sp³-hybridized carbons (Fsp3) is 0.273. The van der Waals surface area contributed by atoms with Gasteiger partial charge in [-0.15, -0.1) is 10.2 Å². The van der Waals surface area contributed by atoms with Crippen LogP contribution in [0, 0.1) is 0 Å². The van der Waals surface area contributed by atoms with Crippen LogP contribution in [-0.2, 0) is 18.4 Å². The normalized spacial score (nSPS) is 11.5. The number of hydrogen-bond donors (Lipinski definition) is 0. The van der Waals surface area contributed by atoms with E-state index >= 15 is 0 Å². The maximum absolute atomic E-state index is 13.0. The van der Waals surface area contributed by atoms with E-state index in [2.05, 4.69) is 10.2 Å². The molecule has 0 aliphatic heterocycles. The molecule has 0 fully saturated rings. The summed E-state index contributed by atoms with van der Waals surface area (Å²) in [6, 6.07) is 17.4. The molecule has 0 spiro atoms. The quantitative estimate of drug-likeness (QED) is 0.447. The molecule has 0 bridgehead atoms. The minimum atomic E-state index is -0.119. The van der Waals surface area contributed by atoms with Gasteiger partial charge in [0.2, 0.25) is 11.7 Å². The zero-order chi connectivity index (χ0) is 21.3. The number of rotatable bonds is 6. The molecule has 0 aliphatic rings. The zero-order valence-electron chi connectivity index (χ0n) is 17.1. The maximum Gasteiger partial charge on any atom is 0.262 e. The summed E-state index contributed by atoms with van der Waals surface area (Å²) >= 11 is 1.33. The molecule has 0 unspecified atom stereocenters. The first kappa shape index (κ1) is 20.2. The molecular weight excluding hydrogens is 398 g/mol. The van der Waals surface area contributed by atoms with Gasteiger partial charge in [-0.1, -0.05) is 54.2 Å². The molecule has 154 valence electrons. The fourth-order valence-electron chi connectivity index (χ4n) is 3.45. The van der Waals surface area contributed by atoms with Crippen LogP contribution in [-0.4, -0.2) is 41.8 Å². The number of nitrogens with zero attached hydrogens (tertiary/aromatic N) is 5. The van der Waals surface area contributed by atoms with E-state index < -0.39 is 0 Å². The van der Waals surface area contributed by atoms with E-state index in [1.807, 2.05) is 71.7 Å². The molecular formula is C22H23N5O2S. The van der Waals surface area contributed by atoms with Crippen molar-refractivity contribution < 1.29 is 4.79 Å². The second-order valence-electron chi connectivity index (χ2n) is 7.39. The smallest absolute Gasteiger partial charge is 0.262 e. The molecule has 2 aromatic carbocycles. The van der Waals surface area contributed by atoms with Gasteiger partial charge in [0.15, 0.2) is 5.16 Å². The van der Waals surface area contributed by atoms with E-state index in [4.69, 9.17) is 0 Å². The number of aromatic nitrogens is 4. The van der Waals surface area contributed by atoms with Gasteiger partial charge in [0, 0.05) is 19.6 Å². The average Bonchev–Trinajstić information content (AvgIpc) is 3.19. The van der Waals surface area contributed by atoms with E-state index in [0.29, 0.717) is 22.9 Å². The summed E-state index contributed by atoms with van der Waals surface area (Å²) in [5.74, 6) is 0.728. The van der Waals surface area contributed by atoms with Crippen molar-refractivity contribution in [2.75, 3.05) is 5.75 Å². The summed E-state index contributed by atoms with van der Waals surface area (Å²) in [7, 11) is 1.68. The Balaban J connectivity index is 1.62. The first-order valence-corrected chi connectivity index (χ1v) is 10.7. The Hall–Kier alpha value is -3.13. The molecule has 0 saturated heterocycles. The number of thioether (sulfide) groups is 1. The third kappa shape index (κ3) is 3.70. The number of aryl methyl sites for hydroxylation is 1. The summed E-state index contributed by atoms with van der Waals surface area (Å²) in [4.78, 5) is 27.4. The van der Waals surface area contributed by atoms with Gasteiger partial charge >= 0.3 is 0 Å². The van der Waals surface area contributed by atoms with Crippen molar-refractivity contribution in [1.29, 1.82) is 0 Å². The highest BCUT2D eigenvalue weighted by Gasteiger charge is 2.20. The summed E-state index contributed by atoms with van der Waals surface area (Å²) < 4.78 is 3.32. The second-order valence-corrected chi connectivity index (χ2v) is 8.33. The number of para-hydroxylation sites is 1. The molecule has 8 heteroatoms. The third-order valence-electron chi connectivity index (χ3n) is 5.06. The standard InChI is InChI=1S/C22H23N5O2S/c1-15(2)26(13-16-9-5-4-6-10-16)19(28)14-30-22-24-23-21-25(3)20(29)17-11-7-8-12-18(17)27(21)22/h4-12,15H,13-14H2,1-3H3. The van der Waals surface area contributed by atoms with Crippen LogP contribution >= 0.6 is 11.8 Å². The van der Waals surface area contributed by atoms with Gasteiger partial charge in [-0.2, -0.15) is 0 Å². The first-order chi connectivity index (χ1) is 14.5. The van der Waals surface area contributed by atoms with Gasteiger partial charge in [0.1, 0.15) is 0 Å². The summed E-state index contributed by atoms with van der Waals surface area (Å²) in [5, 5.41) is 9.62. The number of hydrogen-bond acceptors (Lipinski definition) is 5. The highest BCUT2D eigenvalue weighted by Crippen LogP contribution is 2.22. The van der Waals surface area contributed by atoms with E-state index in [0.717, 1.165) is 11.1 Å². The van der Waals surface area contributed by atoms with Crippen LogP contribution in [0.25, 0.3) is 16.7 Å². The molecule has 0 radical (unpaired) electrons. The lowest BCUT2D eigenvalue weighted by Crippen LogP contribution is -2.37. The van der Waals surface area contributed by atoms with Gasteiger partial charge in [0.25, 0.3) is 5.56 Å². The predicted molar refractivity (Wildman–Crippen MR) is 119 cm³/mol. The van der Waals surface area contributed by atoms with Gasteiger partial charge < -0.3 is 4.90 Å². The molecule has 7 nitrogen and oxygen atoms in total. The van der Waals surface area contributed by atoms with Crippen molar-refractivity contribution in [2.24, 2.45) is 7.05 Å². The molecule has 2 heterocycles. The Bertz CT molecular complexity index is 1260. The second kappa shape index (κ2) is 8.31. The van der Waals surface area contributed by atoms with E-state index in [1.165, 1.54) is 16.3 Å². The largest absolute Gasteiger partial charge is 0.335 e. The molecule has 0 aliphatic carbocycles. The maximum atomic E-state index is 13.0. The number of benzene rings is 2. The SMILES string of the molecule is CC(C)N(Cc1ccccc1)C(=O)CSc1nnc2n(C)c(=O)c3ccccc3n12. The average molecular weight is 422 g/mol. The lowest BCUT2D eigenvalue weighted by Gasteiger charge is -2.26. The minimum absolute atomic E-state index is 0.0322. The Kier molecular flexibility index (Phi) is 5.59. The van der Waals surface area contributed by atoms with Crippen molar-refractivity contribution in [3.63, 3.8) is 0 Å². The highest BCUT2D eigenvalue weighted by atomic mass is 32.2. The van der Waals surface area contributed by atoms with Crippen molar-refractivity contribution in [3.05, 3.63) is 70.5 Å². The number of carbonyl (C=O) groups is 1. The first-order valence-electron chi connectivity index (χ1n) is 9.76. The van der Waals surface area contributed by atoms with Crippen molar-refractivity contribution in [3.8, 4) is 0 Å². The summed E-state index contributed by atoms with van der Waals surface area (Å²) in [6.07, 6.45) is 0. The summed E-state index contributed by atoms with van der Waals surface area (Å²) in [6.45, 7) is 4.60. The Morgan fingerprint density at radius 3 is 2.50 bits per heavy atom. The molecule has 0 N–H and O–H groups in total. The molecule has 4 aromatic rings. The Labute approximate surface area is 178 Å². The van der Waals surface area contributed by atoms with Gasteiger partial charge in [0.05, 0.1) is 16.7 Å². The van der Waals surface area contributed by atoms with Crippen molar-refractivity contribution in [2.45, 2.75) is 31.6 Å². The van der Waals surface area contributed by atoms with Crippen LogP contribution in [0.15, 0.2) is 64.5 Å². The van der Waals surface area contributed by atoms with Crippen LogP contribution in [0.1, 0.15) is 19.4 Å². The van der Waals surface area contributed by atoms with E-state index in [-0.39, 0.29) is 23.3 Å². The predicted octanol–water partition coefficient (Wildman–Crippen LogP) is 3.11. The molecule has 0 saturated carbocycles. The van der Waals surface area contributed by atoms with Gasteiger partial charge in [-0.3, -0.25) is 18.6 Å². The van der Waals surface area contributed by atoms with Crippen LogP contribution in [0.3, 0.4) is 0 Å². The van der Waals surface area contributed by atoms with E-state index in [1.54, 1.807) is 13.1 Å². The lowest BCUT2D eigenvalue weighted by molar-refractivity contribution is -0.130. The summed E-state index contributed by atoms with van der Waals surface area (Å²) in [5.41, 5.74) is 1.71. The molecule has 0 atom stereocenters. The minimum Gasteiger partial charge on any atom is -0.335 e. The van der Waals surface area contributed by atoms with Crippen LogP contribution in [0.5, 0.6) is 0 Å². The zero-order valence-corrected chi connectivity index (χ0v) is 18.0. The lowest BCUT2D eigenvalue weighted by atomic mass is 10.2. The number of amides is 1. The monoisotopic (exact) mass is 421 g/mol. The van der Waals surface area contributed by atoms with Gasteiger partial charge in [-0.05, 0) is 31.5 Å². The molecule has 1 amide bonds. The van der Waals surface area contributed by atoms with Crippen LogP contribution in [0.2, 0.25) is 0 Å². The van der Waals surface area contributed by atoms with Crippen molar-refractivity contribution in [1.82, 2.24) is 24.1 Å². The van der Waals surface area contributed by atoms with Crippen molar-refractivity contribution >= 4 is 34.3 Å². The molecule has 2 aromatic heterocycles. The topological polar surface area (TPSA) is 72.5 Å². The number of fused-ring (bicyclic) bond motifs is 3. The fourth-order valence-corrected chi connectivity index (χ4v) is 4.28.